The molecule has 27 heavy (non-hydrogen) atoms. The summed E-state index contributed by atoms with van der Waals surface area (Å²) in [6.45, 7) is 6.15. The number of halogens is 6. The van der Waals surface area contributed by atoms with E-state index in [-0.39, 0.29) is 5.41 Å². The molecule has 3 aromatic rings. The maximum absolute atomic E-state index is 6.42. The van der Waals surface area contributed by atoms with Gasteiger partial charge in [-0.1, -0.05) is 99.7 Å². The first-order chi connectivity index (χ1) is 12.5. The number of nitrogens with zero attached hydrogens (tertiary/aromatic N) is 3. The van der Waals surface area contributed by atoms with E-state index in [1.807, 2.05) is 27.0 Å². The lowest BCUT2D eigenvalue weighted by atomic mass is 9.92. The van der Waals surface area contributed by atoms with Crippen molar-refractivity contribution in [3.05, 3.63) is 66.3 Å². The van der Waals surface area contributed by atoms with Crippen molar-refractivity contribution in [3.63, 3.8) is 0 Å². The van der Waals surface area contributed by atoms with Crippen molar-refractivity contribution in [1.29, 1.82) is 0 Å². The number of rotatable bonds is 2. The van der Waals surface area contributed by atoms with Crippen molar-refractivity contribution in [2.45, 2.75) is 26.2 Å². The molecule has 3 nitrogen and oxygen atoms in total. The minimum Gasteiger partial charge on any atom is -0.0984 e. The minimum absolute atomic E-state index is 0.282. The van der Waals surface area contributed by atoms with Gasteiger partial charge in [0.1, 0.15) is 5.21 Å². The van der Waals surface area contributed by atoms with E-state index in [1.54, 1.807) is 33.6 Å². The molecule has 2 aromatic carbocycles. The Hall–Kier alpha value is -0.680. The molecule has 1 heterocycles. The Balaban J connectivity index is 2.32. The zero-order valence-electron chi connectivity index (χ0n) is 14.5. The van der Waals surface area contributed by atoms with Gasteiger partial charge in [0.15, 0.2) is 23.3 Å². The van der Waals surface area contributed by atoms with Gasteiger partial charge in [-0.15, -0.1) is 0 Å². The summed E-state index contributed by atoms with van der Waals surface area (Å²) in [7, 11) is 0. The molecule has 142 valence electrons. The van der Waals surface area contributed by atoms with E-state index < -0.39 is 0 Å². The predicted octanol–water partition coefficient (Wildman–Crippen LogP) is 7.37. The van der Waals surface area contributed by atoms with Crippen molar-refractivity contribution in [1.82, 2.24) is 9.90 Å². The quantitative estimate of drug-likeness (QED) is 0.348. The van der Waals surface area contributed by atoms with Crippen LogP contribution in [-0.4, -0.2) is 9.90 Å². The van der Waals surface area contributed by atoms with Gasteiger partial charge in [-0.3, -0.25) is 0 Å². The van der Waals surface area contributed by atoms with Crippen molar-refractivity contribution in [2.24, 2.45) is 0 Å². The van der Waals surface area contributed by atoms with Gasteiger partial charge in [0, 0.05) is 15.5 Å². The second-order valence-corrected chi connectivity index (χ2v) is 9.45. The first-order valence-electron chi connectivity index (χ1n) is 7.81. The van der Waals surface area contributed by atoms with Crippen LogP contribution in [0.2, 0.25) is 30.1 Å². The summed E-state index contributed by atoms with van der Waals surface area (Å²) in [5.74, 6) is 0. The number of hydrogen-bond donors (Lipinski definition) is 0. The van der Waals surface area contributed by atoms with Crippen LogP contribution >= 0.6 is 69.6 Å². The van der Waals surface area contributed by atoms with Crippen molar-refractivity contribution >= 4 is 69.6 Å². The summed E-state index contributed by atoms with van der Waals surface area (Å²) in [5, 5.41) is 7.00. The Bertz CT molecular complexity index is 990. The Morgan fingerprint density at radius 1 is 0.778 bits per heavy atom. The summed E-state index contributed by atoms with van der Waals surface area (Å²) in [6, 6.07) is 6.45. The summed E-state index contributed by atoms with van der Waals surface area (Å²) in [5.41, 5.74) is 1.59. The van der Waals surface area contributed by atoms with Crippen LogP contribution in [0.4, 0.5) is 0 Å². The molecule has 0 unspecified atom stereocenters. The third kappa shape index (κ3) is 4.19. The summed E-state index contributed by atoms with van der Waals surface area (Å²) >= 11 is 37.6. The average Bonchev–Trinajstić information content (AvgIpc) is 2.89. The maximum atomic E-state index is 6.42. The van der Waals surface area contributed by atoms with Crippen LogP contribution in [0.5, 0.6) is 0 Å². The third-order valence-corrected chi connectivity index (χ3v) is 5.42. The van der Waals surface area contributed by atoms with Crippen LogP contribution in [0.15, 0.2) is 30.5 Å². The van der Waals surface area contributed by atoms with Gasteiger partial charge in [0.05, 0.1) is 20.1 Å². The monoisotopic (exact) mass is 482 g/mol. The SMILES string of the molecule is CC(C)(C)c1c[n+](-c2c(Cl)cc(Cl)cc2Cl)nn1-c1c(Cl)cc(Cl)cc1Cl. The Labute approximate surface area is 187 Å². The van der Waals surface area contributed by atoms with E-state index in [0.717, 1.165) is 5.69 Å². The maximum Gasteiger partial charge on any atom is 0.193 e. The van der Waals surface area contributed by atoms with E-state index in [9.17, 15) is 0 Å². The van der Waals surface area contributed by atoms with Gasteiger partial charge >= 0.3 is 0 Å². The zero-order valence-corrected chi connectivity index (χ0v) is 19.0. The number of aromatic nitrogens is 3. The highest BCUT2D eigenvalue weighted by Gasteiger charge is 2.33. The minimum atomic E-state index is -0.282. The number of benzene rings is 2. The van der Waals surface area contributed by atoms with Crippen LogP contribution < -0.4 is 4.68 Å². The molecule has 0 aliphatic heterocycles. The van der Waals surface area contributed by atoms with Crippen molar-refractivity contribution < 1.29 is 4.68 Å². The van der Waals surface area contributed by atoms with Gasteiger partial charge in [-0.2, -0.15) is 0 Å². The Morgan fingerprint density at radius 3 is 1.67 bits per heavy atom. The van der Waals surface area contributed by atoms with Crippen LogP contribution in [0.25, 0.3) is 11.4 Å². The lowest BCUT2D eigenvalue weighted by Gasteiger charge is -2.14. The lowest BCUT2D eigenvalue weighted by molar-refractivity contribution is -0.660. The fraction of sp³-hybridized carbons (Fsp3) is 0.222. The smallest absolute Gasteiger partial charge is 0.0984 e. The number of hydrogen-bond acceptors (Lipinski definition) is 1. The molecule has 0 saturated heterocycles. The topological polar surface area (TPSA) is 21.7 Å². The van der Waals surface area contributed by atoms with Gasteiger partial charge in [0.2, 0.25) is 0 Å². The highest BCUT2D eigenvalue weighted by Crippen LogP contribution is 2.35. The lowest BCUT2D eigenvalue weighted by Crippen LogP contribution is -2.34. The van der Waals surface area contributed by atoms with Gasteiger partial charge in [-0.25, -0.2) is 0 Å². The molecular formula is C18H14Cl6N3+. The molecule has 0 aliphatic carbocycles. The van der Waals surface area contributed by atoms with Crippen molar-refractivity contribution in [2.75, 3.05) is 0 Å². The summed E-state index contributed by atoms with van der Waals surface area (Å²) in [6.07, 6.45) is 1.84. The van der Waals surface area contributed by atoms with Crippen LogP contribution in [0, 0.1) is 0 Å². The average molecular weight is 485 g/mol. The summed E-state index contributed by atoms with van der Waals surface area (Å²) in [4.78, 5) is 0. The van der Waals surface area contributed by atoms with Crippen LogP contribution in [0.3, 0.4) is 0 Å². The molecule has 3 rings (SSSR count). The van der Waals surface area contributed by atoms with E-state index in [1.165, 1.54) is 0 Å². The second kappa shape index (κ2) is 7.62. The molecule has 0 spiro atoms. The van der Waals surface area contributed by atoms with E-state index >= 15 is 0 Å². The Kier molecular flexibility index (Phi) is 5.94. The van der Waals surface area contributed by atoms with Crippen LogP contribution in [0.1, 0.15) is 26.5 Å². The second-order valence-electron chi connectivity index (χ2n) is 6.95. The zero-order chi connectivity index (χ0) is 20.1. The molecule has 0 radical (unpaired) electrons. The van der Waals surface area contributed by atoms with Crippen LogP contribution in [-0.2, 0) is 5.41 Å². The molecule has 0 N–H and O–H groups in total. The first kappa shape index (κ1) is 21.0. The molecule has 0 atom stereocenters. The van der Waals surface area contributed by atoms with Gasteiger partial charge < -0.3 is 0 Å². The fourth-order valence-electron chi connectivity index (χ4n) is 2.62. The highest BCUT2D eigenvalue weighted by atomic mass is 35.5. The Morgan fingerprint density at radius 2 is 1.22 bits per heavy atom. The fourth-order valence-corrected chi connectivity index (χ4v) is 4.58. The largest absolute Gasteiger partial charge is 0.193 e. The van der Waals surface area contributed by atoms with E-state index in [0.29, 0.717) is 41.5 Å². The van der Waals surface area contributed by atoms with Crippen molar-refractivity contribution in [3.8, 4) is 11.4 Å². The molecule has 0 aliphatic rings. The molecule has 0 bridgehead atoms. The third-order valence-electron chi connectivity index (χ3n) is 3.83. The standard InChI is InChI=1S/C18H14Cl6N3/c1-18(2,3)15-8-26(16-11(21)4-9(19)5-12(16)22)25-27(15)17-13(23)6-10(20)7-14(17)24/h4-8H,1-3H3/q+1. The molecule has 0 saturated carbocycles. The van der Waals surface area contributed by atoms with Gasteiger partial charge in [0.25, 0.3) is 0 Å². The van der Waals surface area contributed by atoms with E-state index in [4.69, 9.17) is 69.6 Å². The highest BCUT2D eigenvalue weighted by molar-refractivity contribution is 6.41. The molecule has 1 aromatic heterocycles. The summed E-state index contributed by atoms with van der Waals surface area (Å²) < 4.78 is 3.26. The normalized spacial score (nSPS) is 11.9. The first-order valence-corrected chi connectivity index (χ1v) is 10.1. The van der Waals surface area contributed by atoms with E-state index in [2.05, 4.69) is 5.21 Å². The molecule has 0 fully saturated rings. The van der Waals surface area contributed by atoms with Gasteiger partial charge in [-0.05, 0) is 24.3 Å². The predicted molar refractivity (Wildman–Crippen MR) is 114 cm³/mol. The molecular weight excluding hydrogens is 471 g/mol. The molecule has 0 amide bonds. The molecule has 9 heteroatoms.